The van der Waals surface area contributed by atoms with Crippen molar-refractivity contribution in [3.8, 4) is 0 Å². The molecule has 0 unspecified atom stereocenters. The maximum absolute atomic E-state index is 12.3. The van der Waals surface area contributed by atoms with Crippen LogP contribution in [0.3, 0.4) is 0 Å². The Bertz CT molecular complexity index is 678. The largest absolute Gasteiger partial charge is 0.381 e. The summed E-state index contributed by atoms with van der Waals surface area (Å²) in [5.74, 6) is -0.209. The number of anilines is 1. The summed E-state index contributed by atoms with van der Waals surface area (Å²) in [7, 11) is 0. The summed E-state index contributed by atoms with van der Waals surface area (Å²) in [6, 6.07) is 8.29. The van der Waals surface area contributed by atoms with E-state index in [0.717, 1.165) is 5.01 Å². The molecule has 1 aliphatic rings. The average molecular weight is 332 g/mol. The number of nitrogens with two attached hydrogens (primary N) is 1. The molecule has 0 saturated carbocycles. The van der Waals surface area contributed by atoms with Gasteiger partial charge >= 0.3 is 0 Å². The molecule has 6 nitrogen and oxygen atoms in total. The second-order valence-electron chi connectivity index (χ2n) is 5.89. The third-order valence-corrected chi connectivity index (χ3v) is 4.84. The monoisotopic (exact) mass is 332 g/mol. The number of ether oxygens (including phenoxy) is 1. The maximum atomic E-state index is 12.3. The molecule has 1 amide bonds. The Morgan fingerprint density at radius 2 is 2.00 bits per heavy atom. The van der Waals surface area contributed by atoms with E-state index in [0.29, 0.717) is 37.6 Å². The first kappa shape index (κ1) is 16.0. The summed E-state index contributed by atoms with van der Waals surface area (Å²) in [5.41, 5.74) is 7.68. The first-order valence-corrected chi connectivity index (χ1v) is 8.43. The molecule has 7 heteroatoms. The molecule has 0 bridgehead atoms. The lowest BCUT2D eigenvalue weighted by Crippen LogP contribution is -2.54. The molecule has 0 atom stereocenters. The van der Waals surface area contributed by atoms with Crippen molar-refractivity contribution in [2.45, 2.75) is 31.7 Å². The number of carbonyl (C=O) groups is 1. The van der Waals surface area contributed by atoms with Crippen molar-refractivity contribution in [1.29, 1.82) is 0 Å². The number of hydrogen-bond acceptors (Lipinski definition) is 6. The number of nitrogens with one attached hydrogen (secondary N) is 1. The summed E-state index contributed by atoms with van der Waals surface area (Å²) in [6.07, 6.45) is 1.75. The summed E-state index contributed by atoms with van der Waals surface area (Å²) >= 11 is 1.38. The standard InChI is InChI=1S/C16H20N4O2S/c1-11-2-4-12(5-3-11)10-13-19-20-15(23-13)18-14(21)16(17)6-8-22-9-7-16/h2-5H,6-10,17H2,1H3,(H,18,20,21). The van der Waals surface area contributed by atoms with E-state index in [2.05, 4.69) is 46.7 Å². The molecule has 1 fully saturated rings. The minimum absolute atomic E-state index is 0.209. The van der Waals surface area contributed by atoms with Gasteiger partial charge < -0.3 is 10.5 Å². The van der Waals surface area contributed by atoms with Crippen LogP contribution in [0.1, 0.15) is 29.0 Å². The van der Waals surface area contributed by atoms with Crippen molar-refractivity contribution in [2.75, 3.05) is 18.5 Å². The molecule has 23 heavy (non-hydrogen) atoms. The average Bonchev–Trinajstić information content (AvgIpc) is 2.97. The van der Waals surface area contributed by atoms with E-state index in [1.165, 1.54) is 22.5 Å². The number of carbonyl (C=O) groups excluding carboxylic acids is 1. The van der Waals surface area contributed by atoms with Gasteiger partial charge in [0.05, 0.1) is 0 Å². The van der Waals surface area contributed by atoms with Gasteiger partial charge in [0.25, 0.3) is 0 Å². The van der Waals surface area contributed by atoms with Crippen LogP contribution < -0.4 is 11.1 Å². The molecule has 0 aliphatic carbocycles. The predicted molar refractivity (Wildman–Crippen MR) is 89.5 cm³/mol. The van der Waals surface area contributed by atoms with Crippen molar-refractivity contribution in [2.24, 2.45) is 5.73 Å². The quantitative estimate of drug-likeness (QED) is 0.892. The van der Waals surface area contributed by atoms with Gasteiger partial charge in [-0.1, -0.05) is 41.2 Å². The smallest absolute Gasteiger partial charge is 0.246 e. The predicted octanol–water partition coefficient (Wildman–Crippen LogP) is 1.88. The van der Waals surface area contributed by atoms with Crippen LogP contribution in [0.5, 0.6) is 0 Å². The van der Waals surface area contributed by atoms with Crippen LogP contribution >= 0.6 is 11.3 Å². The van der Waals surface area contributed by atoms with Crippen LogP contribution in [0.25, 0.3) is 0 Å². The fraction of sp³-hybridized carbons (Fsp3) is 0.438. The van der Waals surface area contributed by atoms with Gasteiger partial charge in [-0.3, -0.25) is 10.1 Å². The van der Waals surface area contributed by atoms with E-state index < -0.39 is 5.54 Å². The Labute approximate surface area is 139 Å². The first-order valence-electron chi connectivity index (χ1n) is 7.61. The second-order valence-corrected chi connectivity index (χ2v) is 6.95. The third kappa shape index (κ3) is 3.93. The summed E-state index contributed by atoms with van der Waals surface area (Å²) < 4.78 is 5.26. The van der Waals surface area contributed by atoms with Crippen LogP contribution in [-0.2, 0) is 16.0 Å². The number of aryl methyl sites for hydroxylation is 1. The Kier molecular flexibility index (Phi) is 4.70. The van der Waals surface area contributed by atoms with Gasteiger partial charge in [-0.05, 0) is 25.3 Å². The van der Waals surface area contributed by atoms with Crippen LogP contribution in [0, 0.1) is 6.92 Å². The van der Waals surface area contributed by atoms with Crippen LogP contribution in [-0.4, -0.2) is 34.9 Å². The lowest BCUT2D eigenvalue weighted by atomic mass is 9.90. The Morgan fingerprint density at radius 1 is 1.30 bits per heavy atom. The highest BCUT2D eigenvalue weighted by Gasteiger charge is 2.36. The Balaban J connectivity index is 1.62. The molecule has 1 aliphatic heterocycles. The van der Waals surface area contributed by atoms with Crippen molar-refractivity contribution < 1.29 is 9.53 Å². The molecular weight excluding hydrogens is 312 g/mol. The minimum atomic E-state index is -0.874. The lowest BCUT2D eigenvalue weighted by Gasteiger charge is -2.31. The van der Waals surface area contributed by atoms with Gasteiger partial charge in [0.2, 0.25) is 11.0 Å². The van der Waals surface area contributed by atoms with Crippen molar-refractivity contribution in [1.82, 2.24) is 10.2 Å². The number of aromatic nitrogens is 2. The maximum Gasteiger partial charge on any atom is 0.246 e. The van der Waals surface area contributed by atoms with E-state index in [9.17, 15) is 4.79 Å². The van der Waals surface area contributed by atoms with Crippen LogP contribution in [0.2, 0.25) is 0 Å². The number of amides is 1. The molecule has 1 aromatic heterocycles. The summed E-state index contributed by atoms with van der Waals surface area (Å²) in [6.45, 7) is 3.08. The fourth-order valence-corrected chi connectivity index (χ4v) is 3.21. The number of benzene rings is 1. The van der Waals surface area contributed by atoms with Crippen LogP contribution in [0.15, 0.2) is 24.3 Å². The molecule has 122 valence electrons. The van der Waals surface area contributed by atoms with E-state index in [4.69, 9.17) is 10.5 Å². The van der Waals surface area contributed by atoms with Gasteiger partial charge in [-0.2, -0.15) is 0 Å². The molecule has 0 radical (unpaired) electrons. The van der Waals surface area contributed by atoms with E-state index in [1.54, 1.807) is 0 Å². The molecule has 3 N–H and O–H groups in total. The zero-order valence-corrected chi connectivity index (χ0v) is 13.9. The lowest BCUT2D eigenvalue weighted by molar-refractivity contribution is -0.124. The molecular formula is C16H20N4O2S. The van der Waals surface area contributed by atoms with Gasteiger partial charge in [0, 0.05) is 19.6 Å². The summed E-state index contributed by atoms with van der Waals surface area (Å²) in [4.78, 5) is 12.3. The second kappa shape index (κ2) is 6.74. The zero-order chi connectivity index (χ0) is 16.3. The van der Waals surface area contributed by atoms with Crippen LogP contribution in [0.4, 0.5) is 5.13 Å². The Hall–Kier alpha value is -1.83. The van der Waals surface area contributed by atoms with Crippen molar-refractivity contribution in [3.05, 3.63) is 40.4 Å². The SMILES string of the molecule is Cc1ccc(Cc2nnc(NC(=O)C3(N)CCOCC3)s2)cc1. The fourth-order valence-electron chi connectivity index (χ4n) is 2.44. The molecule has 1 saturated heterocycles. The first-order chi connectivity index (χ1) is 11.0. The third-order valence-electron chi connectivity index (χ3n) is 4.00. The van der Waals surface area contributed by atoms with E-state index in [1.807, 2.05) is 0 Å². The highest BCUT2D eigenvalue weighted by Crippen LogP contribution is 2.23. The van der Waals surface area contributed by atoms with Crippen molar-refractivity contribution >= 4 is 22.4 Å². The van der Waals surface area contributed by atoms with E-state index in [-0.39, 0.29) is 5.91 Å². The molecule has 2 aromatic rings. The molecule has 3 rings (SSSR count). The van der Waals surface area contributed by atoms with Gasteiger partial charge in [-0.25, -0.2) is 0 Å². The van der Waals surface area contributed by atoms with Gasteiger partial charge in [0.1, 0.15) is 10.5 Å². The minimum Gasteiger partial charge on any atom is -0.381 e. The molecule has 1 aromatic carbocycles. The van der Waals surface area contributed by atoms with Gasteiger partial charge in [-0.15, -0.1) is 10.2 Å². The number of hydrogen-bond donors (Lipinski definition) is 2. The normalized spacial score (nSPS) is 17.0. The zero-order valence-electron chi connectivity index (χ0n) is 13.0. The number of rotatable bonds is 4. The van der Waals surface area contributed by atoms with Gasteiger partial charge in [0.15, 0.2) is 0 Å². The molecule has 0 spiro atoms. The molecule has 2 heterocycles. The van der Waals surface area contributed by atoms with Crippen molar-refractivity contribution in [3.63, 3.8) is 0 Å². The van der Waals surface area contributed by atoms with E-state index >= 15 is 0 Å². The highest BCUT2D eigenvalue weighted by molar-refractivity contribution is 7.15. The number of nitrogens with zero attached hydrogens (tertiary/aromatic N) is 2. The topological polar surface area (TPSA) is 90.1 Å². The highest BCUT2D eigenvalue weighted by atomic mass is 32.1. The Morgan fingerprint density at radius 3 is 2.70 bits per heavy atom. The summed E-state index contributed by atoms with van der Waals surface area (Å²) in [5, 5.41) is 12.3.